The number of aryl methyl sites for hydroxylation is 1. The Labute approximate surface area is 126 Å². The second-order valence-corrected chi connectivity index (χ2v) is 5.37. The first-order chi connectivity index (χ1) is 9.51. The van der Waals surface area contributed by atoms with E-state index in [4.69, 9.17) is 4.74 Å². The van der Waals surface area contributed by atoms with Crippen LogP contribution < -0.4 is 10.1 Å². The van der Waals surface area contributed by atoms with Gasteiger partial charge in [0.15, 0.2) is 0 Å². The number of rotatable bonds is 4. The smallest absolute Gasteiger partial charge is 0.124 e. The number of halogens is 1. The first kappa shape index (κ1) is 14.7. The highest BCUT2D eigenvalue weighted by atomic mass is 79.9. The van der Waals surface area contributed by atoms with Gasteiger partial charge in [0.2, 0.25) is 0 Å². The molecule has 5 heteroatoms. The van der Waals surface area contributed by atoms with Gasteiger partial charge in [0.1, 0.15) is 16.1 Å². The molecule has 20 heavy (non-hydrogen) atoms. The molecule has 2 aromatic rings. The molecule has 0 amide bonds. The van der Waals surface area contributed by atoms with E-state index in [0.29, 0.717) is 5.75 Å². The van der Waals surface area contributed by atoms with Gasteiger partial charge in [-0.15, -0.1) is 0 Å². The third-order valence-corrected chi connectivity index (χ3v) is 3.57. The van der Waals surface area contributed by atoms with Crippen LogP contribution in [0.3, 0.4) is 0 Å². The molecule has 1 aromatic heterocycles. The number of benzene rings is 1. The fourth-order valence-corrected chi connectivity index (χ4v) is 2.41. The summed E-state index contributed by atoms with van der Waals surface area (Å²) in [5.41, 5.74) is 2.66. The Bertz CT molecular complexity index is 617. The molecule has 0 radical (unpaired) electrons. The van der Waals surface area contributed by atoms with Gasteiger partial charge in [-0.3, -0.25) is 0 Å². The number of phenols is 1. The molecule has 0 aliphatic rings. The molecule has 0 spiro atoms. The quantitative estimate of drug-likeness (QED) is 0.827. The van der Waals surface area contributed by atoms with Crippen molar-refractivity contribution in [1.29, 1.82) is 0 Å². The number of aromatic hydroxyl groups is 1. The van der Waals surface area contributed by atoms with E-state index in [1.54, 1.807) is 13.2 Å². The zero-order valence-corrected chi connectivity index (χ0v) is 13.2. The molecule has 2 rings (SSSR count). The Morgan fingerprint density at radius 3 is 2.65 bits per heavy atom. The van der Waals surface area contributed by atoms with E-state index < -0.39 is 0 Å². The number of anilines is 1. The molecule has 1 aromatic carbocycles. The summed E-state index contributed by atoms with van der Waals surface area (Å²) in [6, 6.07) is 9.11. The van der Waals surface area contributed by atoms with Crippen molar-refractivity contribution in [3.8, 4) is 11.5 Å². The van der Waals surface area contributed by atoms with E-state index in [2.05, 4.69) is 26.2 Å². The normalized spacial score (nSPS) is 12.0. The van der Waals surface area contributed by atoms with E-state index in [9.17, 15) is 5.11 Å². The van der Waals surface area contributed by atoms with Crippen molar-refractivity contribution < 1.29 is 9.84 Å². The Balaban J connectivity index is 2.21. The molecule has 106 valence electrons. The summed E-state index contributed by atoms with van der Waals surface area (Å²) in [6.45, 7) is 3.93. The van der Waals surface area contributed by atoms with Crippen LogP contribution in [0.25, 0.3) is 0 Å². The SMILES string of the molecule is COc1ccc(C(C)Nc2ccc(Br)nc2C)c(O)c1. The van der Waals surface area contributed by atoms with Crippen LogP contribution in [0.4, 0.5) is 5.69 Å². The monoisotopic (exact) mass is 336 g/mol. The van der Waals surface area contributed by atoms with Gasteiger partial charge in [-0.25, -0.2) is 4.98 Å². The molecule has 2 N–H and O–H groups in total. The van der Waals surface area contributed by atoms with Crippen LogP contribution in [0.2, 0.25) is 0 Å². The number of aromatic nitrogens is 1. The number of pyridine rings is 1. The predicted molar refractivity (Wildman–Crippen MR) is 83.4 cm³/mol. The predicted octanol–water partition coefficient (Wildman–Crippen LogP) is 4.04. The van der Waals surface area contributed by atoms with Crippen LogP contribution in [0.1, 0.15) is 24.2 Å². The molecule has 0 saturated heterocycles. The third kappa shape index (κ3) is 3.22. The fraction of sp³-hybridized carbons (Fsp3) is 0.267. The largest absolute Gasteiger partial charge is 0.507 e. The van der Waals surface area contributed by atoms with E-state index in [-0.39, 0.29) is 11.8 Å². The molecule has 4 nitrogen and oxygen atoms in total. The number of hydrogen-bond acceptors (Lipinski definition) is 4. The van der Waals surface area contributed by atoms with E-state index in [0.717, 1.165) is 21.5 Å². The first-order valence-corrected chi connectivity index (χ1v) is 7.07. The molecule has 0 saturated carbocycles. The highest BCUT2D eigenvalue weighted by Gasteiger charge is 2.12. The summed E-state index contributed by atoms with van der Waals surface area (Å²) in [5.74, 6) is 0.854. The average Bonchev–Trinajstić information content (AvgIpc) is 2.41. The molecule has 0 aliphatic heterocycles. The van der Waals surface area contributed by atoms with E-state index in [1.807, 2.05) is 38.1 Å². The Kier molecular flexibility index (Phi) is 4.49. The maximum atomic E-state index is 10.0. The number of nitrogens with one attached hydrogen (secondary N) is 1. The van der Waals surface area contributed by atoms with Crippen molar-refractivity contribution >= 4 is 21.6 Å². The molecule has 0 bridgehead atoms. The second-order valence-electron chi connectivity index (χ2n) is 4.56. The molecule has 0 aliphatic carbocycles. The number of phenolic OH excluding ortho intramolecular Hbond substituents is 1. The van der Waals surface area contributed by atoms with Gasteiger partial charge in [-0.05, 0) is 54.0 Å². The topological polar surface area (TPSA) is 54.4 Å². The Hall–Kier alpha value is -1.75. The lowest BCUT2D eigenvalue weighted by Gasteiger charge is -2.18. The summed E-state index contributed by atoms with van der Waals surface area (Å²) in [5, 5.41) is 13.4. The van der Waals surface area contributed by atoms with Crippen molar-refractivity contribution in [3.05, 3.63) is 46.2 Å². The molecular formula is C15H17BrN2O2. The first-order valence-electron chi connectivity index (χ1n) is 6.28. The molecule has 0 fully saturated rings. The second kappa shape index (κ2) is 6.13. The summed E-state index contributed by atoms with van der Waals surface area (Å²) >= 11 is 3.34. The van der Waals surface area contributed by atoms with Crippen LogP contribution >= 0.6 is 15.9 Å². The minimum atomic E-state index is -0.0393. The van der Waals surface area contributed by atoms with Crippen LogP contribution in [0.15, 0.2) is 34.9 Å². The minimum absolute atomic E-state index is 0.0393. The lowest BCUT2D eigenvalue weighted by atomic mass is 10.1. The van der Waals surface area contributed by atoms with Gasteiger partial charge in [0.05, 0.1) is 24.5 Å². The molecule has 1 unspecified atom stereocenters. The van der Waals surface area contributed by atoms with Gasteiger partial charge < -0.3 is 15.2 Å². The van der Waals surface area contributed by atoms with Crippen molar-refractivity contribution in [2.75, 3.05) is 12.4 Å². The standard InChI is InChI=1S/C15H17BrN2O2/c1-9(12-5-4-11(20-3)8-14(12)19)17-13-6-7-15(16)18-10(13)2/h4-9,17,19H,1-3H3. The Morgan fingerprint density at radius 1 is 1.30 bits per heavy atom. The maximum absolute atomic E-state index is 10.0. The van der Waals surface area contributed by atoms with Crippen LogP contribution in [-0.4, -0.2) is 17.2 Å². The van der Waals surface area contributed by atoms with Gasteiger partial charge in [0, 0.05) is 11.6 Å². The van der Waals surface area contributed by atoms with Crippen molar-refractivity contribution in [2.24, 2.45) is 0 Å². The van der Waals surface area contributed by atoms with Gasteiger partial charge in [-0.2, -0.15) is 0 Å². The zero-order chi connectivity index (χ0) is 14.7. The van der Waals surface area contributed by atoms with Gasteiger partial charge in [-0.1, -0.05) is 0 Å². The lowest BCUT2D eigenvalue weighted by Crippen LogP contribution is -2.08. The molecular weight excluding hydrogens is 320 g/mol. The van der Waals surface area contributed by atoms with Gasteiger partial charge in [0.25, 0.3) is 0 Å². The highest BCUT2D eigenvalue weighted by Crippen LogP contribution is 2.31. The molecule has 1 heterocycles. The summed E-state index contributed by atoms with van der Waals surface area (Å²) in [7, 11) is 1.58. The van der Waals surface area contributed by atoms with Crippen molar-refractivity contribution in [3.63, 3.8) is 0 Å². The molecule has 1 atom stereocenters. The summed E-state index contributed by atoms with van der Waals surface area (Å²) in [6.07, 6.45) is 0. The third-order valence-electron chi connectivity index (χ3n) is 3.13. The number of methoxy groups -OCH3 is 1. The van der Waals surface area contributed by atoms with Crippen molar-refractivity contribution in [2.45, 2.75) is 19.9 Å². The minimum Gasteiger partial charge on any atom is -0.507 e. The average molecular weight is 337 g/mol. The number of nitrogens with zero attached hydrogens (tertiary/aromatic N) is 1. The highest BCUT2D eigenvalue weighted by molar-refractivity contribution is 9.10. The van der Waals surface area contributed by atoms with E-state index in [1.165, 1.54) is 0 Å². The van der Waals surface area contributed by atoms with Crippen molar-refractivity contribution in [1.82, 2.24) is 4.98 Å². The van der Waals surface area contributed by atoms with Crippen LogP contribution in [0, 0.1) is 6.92 Å². The maximum Gasteiger partial charge on any atom is 0.124 e. The summed E-state index contributed by atoms with van der Waals surface area (Å²) in [4.78, 5) is 4.34. The van der Waals surface area contributed by atoms with Crippen LogP contribution in [-0.2, 0) is 0 Å². The van der Waals surface area contributed by atoms with Crippen LogP contribution in [0.5, 0.6) is 11.5 Å². The lowest BCUT2D eigenvalue weighted by molar-refractivity contribution is 0.406. The van der Waals surface area contributed by atoms with E-state index >= 15 is 0 Å². The van der Waals surface area contributed by atoms with Gasteiger partial charge >= 0.3 is 0 Å². The fourth-order valence-electron chi connectivity index (χ4n) is 2.01. The zero-order valence-electron chi connectivity index (χ0n) is 11.6. The Morgan fingerprint density at radius 2 is 2.05 bits per heavy atom. The number of hydrogen-bond donors (Lipinski definition) is 2. The number of ether oxygens (including phenoxy) is 1. The summed E-state index contributed by atoms with van der Waals surface area (Å²) < 4.78 is 5.89.